The maximum Gasteiger partial charge on any atom is 0.573 e. The molecule has 0 aliphatic carbocycles. The zero-order chi connectivity index (χ0) is 19.6. The van der Waals surface area contributed by atoms with E-state index < -0.39 is 6.36 Å². The van der Waals surface area contributed by atoms with Gasteiger partial charge in [-0.2, -0.15) is 0 Å². The van der Waals surface area contributed by atoms with Crippen molar-refractivity contribution in [1.82, 2.24) is 5.32 Å². The number of piperidine rings is 1. The third-order valence-corrected chi connectivity index (χ3v) is 5.02. The Bertz CT molecular complexity index is 876. The van der Waals surface area contributed by atoms with Crippen LogP contribution >= 0.6 is 0 Å². The van der Waals surface area contributed by atoms with Gasteiger partial charge >= 0.3 is 6.36 Å². The number of hydrogen-bond acceptors (Lipinski definition) is 4. The van der Waals surface area contributed by atoms with Crippen LogP contribution in [0, 0.1) is 0 Å². The summed E-state index contributed by atoms with van der Waals surface area (Å²) < 4.78 is 41.4. The van der Waals surface area contributed by atoms with Gasteiger partial charge in [0.25, 0.3) is 0 Å². The molecule has 3 N–H and O–H groups in total. The quantitative estimate of drug-likeness (QED) is 0.737. The number of anilines is 2. The van der Waals surface area contributed by atoms with Gasteiger partial charge in [-0.05, 0) is 55.8 Å². The molecule has 2 heterocycles. The number of fused-ring (bicyclic) bond motifs is 1. The van der Waals surface area contributed by atoms with E-state index >= 15 is 0 Å². The standard InChI is InChI=1S/C20H21F3N4O/c21-20(22,23)28-15-5-3-4-14(12-15)13-25-18-19(8-10-24-11-9-19)27-17-7-2-1-6-16(17)26-18/h1-7,12,24,27H,8-11,13H2,(H,25,26). The van der Waals surface area contributed by atoms with E-state index in [-0.39, 0.29) is 17.8 Å². The molecule has 0 aromatic heterocycles. The van der Waals surface area contributed by atoms with Crippen molar-refractivity contribution >= 4 is 17.2 Å². The molecule has 8 heteroatoms. The second-order valence-electron chi connectivity index (χ2n) is 6.99. The first-order valence-corrected chi connectivity index (χ1v) is 9.18. The third kappa shape index (κ3) is 4.06. The largest absolute Gasteiger partial charge is 0.573 e. The molecule has 2 aliphatic rings. The van der Waals surface area contributed by atoms with Crippen LogP contribution in [0.3, 0.4) is 0 Å². The molecule has 1 saturated heterocycles. The van der Waals surface area contributed by atoms with Gasteiger partial charge in [-0.15, -0.1) is 13.2 Å². The zero-order valence-electron chi connectivity index (χ0n) is 15.1. The number of alkyl halides is 3. The molecule has 0 unspecified atom stereocenters. The van der Waals surface area contributed by atoms with Crippen LogP contribution in [0.2, 0.25) is 0 Å². The van der Waals surface area contributed by atoms with Crippen LogP contribution in [-0.4, -0.2) is 30.8 Å². The highest BCUT2D eigenvalue weighted by molar-refractivity contribution is 6.09. The molecule has 2 aliphatic heterocycles. The topological polar surface area (TPSA) is 57.7 Å². The summed E-state index contributed by atoms with van der Waals surface area (Å²) >= 11 is 0. The predicted octanol–water partition coefficient (Wildman–Crippen LogP) is 4.14. The van der Waals surface area contributed by atoms with Gasteiger partial charge in [0.1, 0.15) is 11.6 Å². The molecule has 0 amide bonds. The first-order valence-electron chi connectivity index (χ1n) is 9.18. The van der Waals surface area contributed by atoms with Crippen molar-refractivity contribution in [3.8, 4) is 5.75 Å². The first-order chi connectivity index (χ1) is 13.4. The molecule has 0 saturated carbocycles. The summed E-state index contributed by atoms with van der Waals surface area (Å²) in [6, 6.07) is 13.9. The Balaban J connectivity index is 1.59. The van der Waals surface area contributed by atoms with Crippen LogP contribution in [0.25, 0.3) is 0 Å². The number of halogens is 3. The van der Waals surface area contributed by atoms with Crippen molar-refractivity contribution in [2.24, 2.45) is 4.99 Å². The minimum atomic E-state index is -4.71. The van der Waals surface area contributed by atoms with E-state index in [1.807, 2.05) is 24.3 Å². The van der Waals surface area contributed by atoms with E-state index in [0.29, 0.717) is 5.56 Å². The van der Waals surface area contributed by atoms with Crippen molar-refractivity contribution in [3.05, 3.63) is 54.1 Å². The Morgan fingerprint density at radius 2 is 1.75 bits per heavy atom. The number of nitrogens with one attached hydrogen (secondary N) is 3. The Labute approximate surface area is 161 Å². The number of aliphatic imine (C=N–C) groups is 1. The van der Waals surface area contributed by atoms with Gasteiger partial charge in [0.05, 0.1) is 23.5 Å². The van der Waals surface area contributed by atoms with Gasteiger partial charge < -0.3 is 20.7 Å². The highest BCUT2D eigenvalue weighted by Gasteiger charge is 2.40. The van der Waals surface area contributed by atoms with E-state index in [0.717, 1.165) is 43.1 Å². The molecule has 148 valence electrons. The minimum absolute atomic E-state index is 0.234. The van der Waals surface area contributed by atoms with Gasteiger partial charge in [-0.1, -0.05) is 24.3 Å². The average molecular weight is 390 g/mol. The van der Waals surface area contributed by atoms with Gasteiger partial charge in [-0.3, -0.25) is 4.99 Å². The normalized spacial score (nSPS) is 19.6. The summed E-state index contributed by atoms with van der Waals surface area (Å²) in [5, 5.41) is 10.4. The Kier molecular flexibility index (Phi) is 4.89. The lowest BCUT2D eigenvalue weighted by Gasteiger charge is -2.44. The highest BCUT2D eigenvalue weighted by atomic mass is 19.4. The van der Waals surface area contributed by atoms with Crippen LogP contribution < -0.4 is 20.7 Å². The van der Waals surface area contributed by atoms with Crippen LogP contribution in [0.5, 0.6) is 5.75 Å². The van der Waals surface area contributed by atoms with Crippen LogP contribution in [0.4, 0.5) is 24.5 Å². The third-order valence-electron chi connectivity index (χ3n) is 5.02. The molecule has 2 aromatic carbocycles. The smallest absolute Gasteiger partial charge is 0.406 e. The molecule has 1 fully saturated rings. The number of para-hydroxylation sites is 2. The van der Waals surface area contributed by atoms with E-state index in [9.17, 15) is 13.2 Å². The molecular formula is C20H21F3N4O. The van der Waals surface area contributed by atoms with Crippen molar-refractivity contribution in [3.63, 3.8) is 0 Å². The first kappa shape index (κ1) is 18.6. The van der Waals surface area contributed by atoms with Gasteiger partial charge in [0.15, 0.2) is 0 Å². The summed E-state index contributed by atoms with van der Waals surface area (Å²) in [5.41, 5.74) is 2.32. The average Bonchev–Trinajstić information content (AvgIpc) is 2.66. The maximum absolute atomic E-state index is 12.5. The SMILES string of the molecule is FC(F)(F)Oc1cccc(CN=C2Nc3ccccc3NC23CCNCC3)c1. The molecule has 2 aromatic rings. The molecule has 0 atom stereocenters. The molecule has 28 heavy (non-hydrogen) atoms. The summed E-state index contributed by atoms with van der Waals surface area (Å²) in [5.74, 6) is 0.580. The number of rotatable bonds is 3. The highest BCUT2D eigenvalue weighted by Crippen LogP contribution is 2.36. The molecule has 0 radical (unpaired) electrons. The number of nitrogens with zero attached hydrogens (tertiary/aromatic N) is 1. The van der Waals surface area contributed by atoms with Crippen molar-refractivity contribution < 1.29 is 17.9 Å². The molecular weight excluding hydrogens is 369 g/mol. The van der Waals surface area contributed by atoms with E-state index in [4.69, 9.17) is 4.99 Å². The Morgan fingerprint density at radius 1 is 1.00 bits per heavy atom. The predicted molar refractivity (Wildman–Crippen MR) is 103 cm³/mol. The number of benzene rings is 2. The fraction of sp³-hybridized carbons (Fsp3) is 0.350. The lowest BCUT2D eigenvalue weighted by molar-refractivity contribution is -0.274. The van der Waals surface area contributed by atoms with E-state index in [2.05, 4.69) is 20.7 Å². The van der Waals surface area contributed by atoms with Crippen LogP contribution in [0.1, 0.15) is 18.4 Å². The van der Waals surface area contributed by atoms with Gasteiger partial charge in [0.2, 0.25) is 0 Å². The van der Waals surface area contributed by atoms with Gasteiger partial charge in [0, 0.05) is 0 Å². The summed E-state index contributed by atoms with van der Waals surface area (Å²) in [6.07, 6.45) is -2.98. The zero-order valence-corrected chi connectivity index (χ0v) is 15.1. The summed E-state index contributed by atoms with van der Waals surface area (Å²) in [4.78, 5) is 4.75. The number of hydrogen-bond donors (Lipinski definition) is 3. The van der Waals surface area contributed by atoms with Crippen LogP contribution in [0.15, 0.2) is 53.5 Å². The van der Waals surface area contributed by atoms with Crippen molar-refractivity contribution in [2.45, 2.75) is 31.3 Å². The fourth-order valence-electron chi connectivity index (χ4n) is 3.68. The number of ether oxygens (including phenoxy) is 1. The van der Waals surface area contributed by atoms with Gasteiger partial charge in [-0.25, -0.2) is 0 Å². The van der Waals surface area contributed by atoms with Crippen molar-refractivity contribution in [2.75, 3.05) is 23.7 Å². The molecule has 1 spiro atoms. The summed E-state index contributed by atoms with van der Waals surface area (Å²) in [7, 11) is 0. The van der Waals surface area contributed by atoms with Crippen molar-refractivity contribution in [1.29, 1.82) is 0 Å². The Hall–Kier alpha value is -2.74. The number of amidine groups is 1. The second kappa shape index (κ2) is 7.35. The molecule has 4 rings (SSSR count). The minimum Gasteiger partial charge on any atom is -0.406 e. The second-order valence-corrected chi connectivity index (χ2v) is 6.99. The monoisotopic (exact) mass is 390 g/mol. The molecule has 0 bridgehead atoms. The Morgan fingerprint density at radius 3 is 2.50 bits per heavy atom. The maximum atomic E-state index is 12.5. The van der Waals surface area contributed by atoms with E-state index in [1.54, 1.807) is 12.1 Å². The fourth-order valence-corrected chi connectivity index (χ4v) is 3.68. The lowest BCUT2D eigenvalue weighted by atomic mass is 9.84. The van der Waals surface area contributed by atoms with Crippen LogP contribution in [-0.2, 0) is 6.54 Å². The molecule has 5 nitrogen and oxygen atoms in total. The lowest BCUT2D eigenvalue weighted by Crippen LogP contribution is -2.57. The summed E-state index contributed by atoms with van der Waals surface area (Å²) in [6.45, 7) is 1.99. The van der Waals surface area contributed by atoms with E-state index in [1.165, 1.54) is 12.1 Å².